The Balaban J connectivity index is 1.97. The lowest BCUT2D eigenvalue weighted by Gasteiger charge is -2.32. The molecule has 0 unspecified atom stereocenters. The lowest BCUT2D eigenvalue weighted by Crippen LogP contribution is -2.43. The van der Waals surface area contributed by atoms with Crippen molar-refractivity contribution in [2.75, 3.05) is 5.32 Å². The van der Waals surface area contributed by atoms with Gasteiger partial charge in [0, 0.05) is 18.0 Å². The standard InChI is InChI=1S/C20H21NO2/c1-14-8-10-17(11-9-14)21-19(23)20(13-12-18(22)15(20)2)16-6-4-3-5-7-16/h3-11,15H,12-13H2,1-2H3,(H,21,23)/t15-,20-/m1/s1. The normalized spacial score (nSPS) is 23.7. The number of Topliss-reactive ketones (excluding diaryl/α,β-unsaturated/α-hetero) is 1. The lowest BCUT2D eigenvalue weighted by molar-refractivity contribution is -0.127. The number of amides is 1. The van der Waals surface area contributed by atoms with Crippen molar-refractivity contribution in [2.24, 2.45) is 5.92 Å². The molecular weight excluding hydrogens is 286 g/mol. The van der Waals surface area contributed by atoms with Gasteiger partial charge in [0.1, 0.15) is 5.78 Å². The Morgan fingerprint density at radius 3 is 2.30 bits per heavy atom. The number of aryl methyl sites for hydroxylation is 1. The van der Waals surface area contributed by atoms with Crippen LogP contribution >= 0.6 is 0 Å². The first-order chi connectivity index (χ1) is 11.0. The van der Waals surface area contributed by atoms with E-state index >= 15 is 0 Å². The van der Waals surface area contributed by atoms with Gasteiger partial charge in [0.15, 0.2) is 0 Å². The minimum Gasteiger partial charge on any atom is -0.325 e. The van der Waals surface area contributed by atoms with Gasteiger partial charge in [-0.2, -0.15) is 0 Å². The molecule has 118 valence electrons. The predicted molar refractivity (Wildman–Crippen MR) is 91.3 cm³/mol. The van der Waals surface area contributed by atoms with E-state index in [2.05, 4.69) is 5.32 Å². The summed E-state index contributed by atoms with van der Waals surface area (Å²) in [6.45, 7) is 3.88. The highest BCUT2D eigenvalue weighted by Crippen LogP contribution is 2.44. The number of anilines is 1. The fraction of sp³-hybridized carbons (Fsp3) is 0.300. The summed E-state index contributed by atoms with van der Waals surface area (Å²) in [5.41, 5.74) is 2.05. The van der Waals surface area contributed by atoms with Crippen LogP contribution in [-0.4, -0.2) is 11.7 Å². The smallest absolute Gasteiger partial charge is 0.235 e. The largest absolute Gasteiger partial charge is 0.325 e. The highest BCUT2D eigenvalue weighted by atomic mass is 16.2. The van der Waals surface area contributed by atoms with Gasteiger partial charge in [-0.15, -0.1) is 0 Å². The van der Waals surface area contributed by atoms with Gasteiger partial charge in [0.2, 0.25) is 5.91 Å². The first kappa shape index (κ1) is 15.5. The van der Waals surface area contributed by atoms with Gasteiger partial charge in [0.25, 0.3) is 0 Å². The summed E-state index contributed by atoms with van der Waals surface area (Å²) < 4.78 is 0. The van der Waals surface area contributed by atoms with Crippen LogP contribution in [-0.2, 0) is 15.0 Å². The number of carbonyl (C=O) groups is 2. The molecule has 0 bridgehead atoms. The van der Waals surface area contributed by atoms with Gasteiger partial charge in [0.05, 0.1) is 5.41 Å². The van der Waals surface area contributed by atoms with E-state index in [4.69, 9.17) is 0 Å². The molecule has 1 amide bonds. The van der Waals surface area contributed by atoms with E-state index in [1.807, 2.05) is 68.4 Å². The average molecular weight is 307 g/mol. The molecule has 1 N–H and O–H groups in total. The van der Waals surface area contributed by atoms with Crippen LogP contribution in [0.25, 0.3) is 0 Å². The van der Waals surface area contributed by atoms with Crippen molar-refractivity contribution in [2.45, 2.75) is 32.1 Å². The van der Waals surface area contributed by atoms with Crippen LogP contribution in [0.4, 0.5) is 5.69 Å². The molecule has 3 nitrogen and oxygen atoms in total. The Hall–Kier alpha value is -2.42. The number of ketones is 1. The van der Waals surface area contributed by atoms with E-state index in [1.165, 1.54) is 0 Å². The maximum atomic E-state index is 13.1. The summed E-state index contributed by atoms with van der Waals surface area (Å²) >= 11 is 0. The number of carbonyl (C=O) groups excluding carboxylic acids is 2. The Morgan fingerprint density at radius 1 is 1.09 bits per heavy atom. The molecule has 3 heteroatoms. The maximum absolute atomic E-state index is 13.1. The topological polar surface area (TPSA) is 46.2 Å². The Labute approximate surface area is 136 Å². The second-order valence-corrected chi connectivity index (χ2v) is 6.35. The first-order valence-corrected chi connectivity index (χ1v) is 8.00. The zero-order valence-corrected chi connectivity index (χ0v) is 13.5. The Bertz CT molecular complexity index is 721. The summed E-state index contributed by atoms with van der Waals surface area (Å²) in [6, 6.07) is 17.4. The first-order valence-electron chi connectivity index (χ1n) is 8.00. The third kappa shape index (κ3) is 2.67. The zero-order valence-electron chi connectivity index (χ0n) is 13.5. The molecule has 1 aliphatic carbocycles. The van der Waals surface area contributed by atoms with Crippen molar-refractivity contribution in [3.63, 3.8) is 0 Å². The van der Waals surface area contributed by atoms with Gasteiger partial charge >= 0.3 is 0 Å². The number of hydrogen-bond donors (Lipinski definition) is 1. The van der Waals surface area contributed by atoms with Crippen molar-refractivity contribution in [1.82, 2.24) is 0 Å². The molecule has 1 saturated carbocycles. The van der Waals surface area contributed by atoms with Crippen LogP contribution in [0, 0.1) is 12.8 Å². The fourth-order valence-electron chi connectivity index (χ4n) is 3.48. The highest BCUT2D eigenvalue weighted by Gasteiger charge is 2.52. The quantitative estimate of drug-likeness (QED) is 0.935. The van der Waals surface area contributed by atoms with Gasteiger partial charge in [-0.25, -0.2) is 0 Å². The van der Waals surface area contributed by atoms with Crippen LogP contribution in [0.3, 0.4) is 0 Å². The number of hydrogen-bond acceptors (Lipinski definition) is 2. The molecule has 0 radical (unpaired) electrons. The molecule has 2 aromatic rings. The SMILES string of the molecule is Cc1ccc(NC(=O)[C@]2(c3ccccc3)CCC(=O)[C@H]2C)cc1. The number of benzene rings is 2. The third-order valence-electron chi connectivity index (χ3n) is 4.99. The molecule has 1 aliphatic rings. The summed E-state index contributed by atoms with van der Waals surface area (Å²) in [5, 5.41) is 3.01. The van der Waals surface area contributed by atoms with E-state index in [0.29, 0.717) is 12.8 Å². The molecule has 0 heterocycles. The maximum Gasteiger partial charge on any atom is 0.235 e. The predicted octanol–water partition coefficient (Wildman–Crippen LogP) is 3.87. The van der Waals surface area contributed by atoms with Gasteiger partial charge in [-0.05, 0) is 31.0 Å². The molecule has 3 rings (SSSR count). The second kappa shape index (κ2) is 5.99. The van der Waals surface area contributed by atoms with Gasteiger partial charge in [-0.3, -0.25) is 9.59 Å². The molecule has 2 aromatic carbocycles. The summed E-state index contributed by atoms with van der Waals surface area (Å²) in [6.07, 6.45) is 1.02. The minimum atomic E-state index is -0.775. The van der Waals surface area contributed by atoms with Crippen molar-refractivity contribution < 1.29 is 9.59 Å². The molecule has 0 aliphatic heterocycles. The van der Waals surface area contributed by atoms with E-state index in [0.717, 1.165) is 16.8 Å². The third-order valence-corrected chi connectivity index (χ3v) is 4.99. The molecule has 23 heavy (non-hydrogen) atoms. The average Bonchev–Trinajstić information content (AvgIpc) is 2.87. The summed E-state index contributed by atoms with van der Waals surface area (Å²) in [5.74, 6) is -0.242. The molecular formula is C20H21NO2. The van der Waals surface area contributed by atoms with Crippen molar-refractivity contribution >= 4 is 17.4 Å². The highest BCUT2D eigenvalue weighted by molar-refractivity contribution is 6.05. The van der Waals surface area contributed by atoms with Crippen LogP contribution in [0.15, 0.2) is 54.6 Å². The van der Waals surface area contributed by atoms with E-state index in [-0.39, 0.29) is 17.6 Å². The Morgan fingerprint density at radius 2 is 1.74 bits per heavy atom. The Kier molecular flexibility index (Phi) is 4.03. The van der Waals surface area contributed by atoms with Crippen LogP contribution in [0.5, 0.6) is 0 Å². The van der Waals surface area contributed by atoms with Crippen molar-refractivity contribution in [3.05, 3.63) is 65.7 Å². The second-order valence-electron chi connectivity index (χ2n) is 6.35. The number of rotatable bonds is 3. The molecule has 0 aromatic heterocycles. The monoisotopic (exact) mass is 307 g/mol. The zero-order chi connectivity index (χ0) is 16.4. The molecule has 2 atom stereocenters. The van der Waals surface area contributed by atoms with Crippen molar-refractivity contribution in [3.8, 4) is 0 Å². The van der Waals surface area contributed by atoms with Crippen LogP contribution in [0.2, 0.25) is 0 Å². The fourth-order valence-corrected chi connectivity index (χ4v) is 3.48. The van der Waals surface area contributed by atoms with Crippen LogP contribution in [0.1, 0.15) is 30.9 Å². The minimum absolute atomic E-state index is 0.0918. The molecule has 1 fully saturated rings. The summed E-state index contributed by atoms with van der Waals surface area (Å²) in [7, 11) is 0. The summed E-state index contributed by atoms with van der Waals surface area (Å²) in [4.78, 5) is 25.3. The molecule has 0 spiro atoms. The van der Waals surface area contributed by atoms with Crippen molar-refractivity contribution in [1.29, 1.82) is 0 Å². The molecule has 0 saturated heterocycles. The number of nitrogens with one attached hydrogen (secondary N) is 1. The van der Waals surface area contributed by atoms with E-state index in [1.54, 1.807) is 0 Å². The van der Waals surface area contributed by atoms with E-state index in [9.17, 15) is 9.59 Å². The van der Waals surface area contributed by atoms with E-state index < -0.39 is 5.41 Å². The van der Waals surface area contributed by atoms with Gasteiger partial charge in [-0.1, -0.05) is 55.0 Å². The van der Waals surface area contributed by atoms with Gasteiger partial charge < -0.3 is 5.32 Å². The lowest BCUT2D eigenvalue weighted by atomic mass is 9.72. The van der Waals surface area contributed by atoms with Crippen LogP contribution < -0.4 is 5.32 Å².